The molecule has 1 aromatic carbocycles. The highest BCUT2D eigenvalue weighted by Crippen LogP contribution is 2.20. The van der Waals surface area contributed by atoms with E-state index < -0.39 is 0 Å². The number of nitrogens with one attached hydrogen (secondary N) is 1. The topological polar surface area (TPSA) is 71.3 Å². The average Bonchev–Trinajstić information content (AvgIpc) is 3.14. The molecule has 1 N–H and O–H groups in total. The zero-order valence-electron chi connectivity index (χ0n) is 15.5. The summed E-state index contributed by atoms with van der Waals surface area (Å²) in [5.74, 6) is 1.18. The molecule has 1 fully saturated rings. The Balaban J connectivity index is 0.00000261. The van der Waals surface area contributed by atoms with Crippen molar-refractivity contribution in [2.45, 2.75) is 45.1 Å². The molecule has 0 spiro atoms. The van der Waals surface area contributed by atoms with Crippen LogP contribution in [0, 0.1) is 0 Å². The van der Waals surface area contributed by atoms with E-state index in [-0.39, 0.29) is 18.3 Å². The summed E-state index contributed by atoms with van der Waals surface area (Å²) in [6, 6.07) is 7.62. The van der Waals surface area contributed by atoms with Crippen LogP contribution in [0.4, 0.5) is 0 Å². The standard InChI is InChI=1S/C19H25ClN4O2.ClH/c1-2-13-24(16-9-11-21-12-10-16)18(25)8-7-17-22-19(23-26-17)14-3-5-15(20)6-4-14;/h3-6,16,21H,2,7-13H2,1H3;1H. The molecule has 0 saturated carbocycles. The van der Waals surface area contributed by atoms with E-state index in [2.05, 4.69) is 22.4 Å². The van der Waals surface area contributed by atoms with E-state index in [1.165, 1.54) is 0 Å². The first kappa shape index (κ1) is 21.7. The zero-order valence-corrected chi connectivity index (χ0v) is 17.1. The minimum absolute atomic E-state index is 0. The molecule has 1 aliphatic rings. The Hall–Kier alpha value is -1.63. The van der Waals surface area contributed by atoms with Gasteiger partial charge >= 0.3 is 0 Å². The lowest BCUT2D eigenvalue weighted by Gasteiger charge is -2.34. The first-order valence-corrected chi connectivity index (χ1v) is 9.64. The van der Waals surface area contributed by atoms with Gasteiger partial charge in [-0.25, -0.2) is 0 Å². The smallest absolute Gasteiger partial charge is 0.227 e. The van der Waals surface area contributed by atoms with Crippen LogP contribution in [0.15, 0.2) is 28.8 Å². The highest BCUT2D eigenvalue weighted by Gasteiger charge is 2.24. The molecule has 6 nitrogen and oxygen atoms in total. The van der Waals surface area contributed by atoms with E-state index in [1.807, 2.05) is 17.0 Å². The summed E-state index contributed by atoms with van der Waals surface area (Å²) in [7, 11) is 0. The third-order valence-corrected chi connectivity index (χ3v) is 4.91. The number of amides is 1. The first-order chi connectivity index (χ1) is 12.7. The van der Waals surface area contributed by atoms with Gasteiger partial charge in [-0.3, -0.25) is 4.79 Å². The lowest BCUT2D eigenvalue weighted by Crippen LogP contribution is -2.46. The van der Waals surface area contributed by atoms with E-state index in [4.69, 9.17) is 16.1 Å². The number of carbonyl (C=O) groups is 1. The highest BCUT2D eigenvalue weighted by molar-refractivity contribution is 6.30. The van der Waals surface area contributed by atoms with E-state index in [1.54, 1.807) is 12.1 Å². The van der Waals surface area contributed by atoms with Crippen molar-refractivity contribution in [2.24, 2.45) is 0 Å². The van der Waals surface area contributed by atoms with Gasteiger partial charge in [0.2, 0.25) is 17.6 Å². The Morgan fingerprint density at radius 2 is 2.00 bits per heavy atom. The van der Waals surface area contributed by atoms with Gasteiger partial charge in [-0.2, -0.15) is 4.98 Å². The minimum Gasteiger partial charge on any atom is -0.340 e. The minimum atomic E-state index is 0. The third kappa shape index (κ3) is 5.92. The molecule has 3 rings (SSSR count). The van der Waals surface area contributed by atoms with E-state index in [0.29, 0.717) is 35.6 Å². The molecule has 1 aromatic heterocycles. The number of halogens is 2. The normalized spacial score (nSPS) is 14.6. The molecule has 8 heteroatoms. The number of hydrogen-bond acceptors (Lipinski definition) is 5. The van der Waals surface area contributed by atoms with Gasteiger partial charge < -0.3 is 14.7 Å². The number of aromatic nitrogens is 2. The monoisotopic (exact) mass is 412 g/mol. The second-order valence-corrected chi connectivity index (χ2v) is 7.02. The predicted molar refractivity (Wildman–Crippen MR) is 108 cm³/mol. The van der Waals surface area contributed by atoms with Crippen molar-refractivity contribution in [1.82, 2.24) is 20.4 Å². The van der Waals surface area contributed by atoms with Gasteiger partial charge in [-0.15, -0.1) is 12.4 Å². The first-order valence-electron chi connectivity index (χ1n) is 9.26. The Labute approximate surface area is 171 Å². The second-order valence-electron chi connectivity index (χ2n) is 6.59. The molecule has 0 bridgehead atoms. The highest BCUT2D eigenvalue weighted by atomic mass is 35.5. The Bertz CT molecular complexity index is 715. The molecule has 1 saturated heterocycles. The predicted octanol–water partition coefficient (Wildman–Crippen LogP) is 3.74. The molecule has 27 heavy (non-hydrogen) atoms. The SMILES string of the molecule is CCCN(C(=O)CCc1nc(-c2ccc(Cl)cc2)no1)C1CCNCC1.Cl. The Kier molecular flexibility index (Phi) is 8.54. The van der Waals surface area contributed by atoms with Gasteiger partial charge in [0.05, 0.1) is 0 Å². The van der Waals surface area contributed by atoms with Crippen molar-refractivity contribution >= 4 is 29.9 Å². The lowest BCUT2D eigenvalue weighted by atomic mass is 10.0. The van der Waals surface area contributed by atoms with Crippen molar-refractivity contribution < 1.29 is 9.32 Å². The molecule has 0 aliphatic carbocycles. The molecule has 0 unspecified atom stereocenters. The molecule has 0 atom stereocenters. The third-order valence-electron chi connectivity index (χ3n) is 4.66. The molecule has 1 amide bonds. The van der Waals surface area contributed by atoms with Crippen LogP contribution in [0.5, 0.6) is 0 Å². The van der Waals surface area contributed by atoms with Crippen LogP contribution < -0.4 is 5.32 Å². The number of hydrogen-bond donors (Lipinski definition) is 1. The fourth-order valence-corrected chi connectivity index (χ4v) is 3.43. The van der Waals surface area contributed by atoms with E-state index in [9.17, 15) is 4.79 Å². The van der Waals surface area contributed by atoms with E-state index >= 15 is 0 Å². The Morgan fingerprint density at radius 1 is 1.30 bits per heavy atom. The second kappa shape index (κ2) is 10.6. The van der Waals surface area contributed by atoms with Crippen molar-refractivity contribution in [3.8, 4) is 11.4 Å². The number of nitrogens with zero attached hydrogens (tertiary/aromatic N) is 3. The molecular weight excluding hydrogens is 387 g/mol. The Morgan fingerprint density at radius 3 is 2.67 bits per heavy atom. The summed E-state index contributed by atoms with van der Waals surface area (Å²) in [6.07, 6.45) is 3.87. The molecule has 0 radical (unpaired) electrons. The van der Waals surface area contributed by atoms with Crippen molar-refractivity contribution in [3.05, 3.63) is 35.2 Å². The fourth-order valence-electron chi connectivity index (χ4n) is 3.30. The van der Waals surface area contributed by atoms with Crippen molar-refractivity contribution in [3.63, 3.8) is 0 Å². The molecule has 148 valence electrons. The number of carbonyl (C=O) groups excluding carboxylic acids is 1. The van der Waals surface area contributed by atoms with Crippen LogP contribution in [-0.4, -0.2) is 46.6 Å². The summed E-state index contributed by atoms with van der Waals surface area (Å²) < 4.78 is 5.31. The number of benzene rings is 1. The zero-order chi connectivity index (χ0) is 18.4. The molecule has 1 aliphatic heterocycles. The van der Waals surface area contributed by atoms with Gasteiger partial charge in [0.25, 0.3) is 0 Å². The van der Waals surface area contributed by atoms with Crippen LogP contribution in [-0.2, 0) is 11.2 Å². The van der Waals surface area contributed by atoms with Crippen LogP contribution in [0.2, 0.25) is 5.02 Å². The maximum Gasteiger partial charge on any atom is 0.227 e. The van der Waals surface area contributed by atoms with Gasteiger partial charge in [0, 0.05) is 36.0 Å². The van der Waals surface area contributed by atoms with Crippen molar-refractivity contribution in [2.75, 3.05) is 19.6 Å². The van der Waals surface area contributed by atoms with Crippen LogP contribution in [0.1, 0.15) is 38.5 Å². The van der Waals surface area contributed by atoms with Crippen LogP contribution in [0.25, 0.3) is 11.4 Å². The summed E-state index contributed by atoms with van der Waals surface area (Å²) in [5, 5.41) is 8.02. The van der Waals surface area contributed by atoms with Gasteiger partial charge in [0.1, 0.15) is 0 Å². The molecular formula is C19H26Cl2N4O2. The van der Waals surface area contributed by atoms with Gasteiger partial charge in [-0.05, 0) is 56.6 Å². The lowest BCUT2D eigenvalue weighted by molar-refractivity contribution is -0.134. The summed E-state index contributed by atoms with van der Waals surface area (Å²) >= 11 is 5.90. The van der Waals surface area contributed by atoms with Crippen LogP contribution >= 0.6 is 24.0 Å². The van der Waals surface area contributed by atoms with Gasteiger partial charge in [0.15, 0.2) is 0 Å². The maximum absolute atomic E-state index is 12.7. The van der Waals surface area contributed by atoms with Crippen LogP contribution in [0.3, 0.4) is 0 Å². The maximum atomic E-state index is 12.7. The number of piperidine rings is 1. The van der Waals surface area contributed by atoms with E-state index in [0.717, 1.165) is 44.5 Å². The number of aryl methyl sites for hydroxylation is 1. The average molecular weight is 413 g/mol. The number of rotatable bonds is 7. The quantitative estimate of drug-likeness (QED) is 0.749. The summed E-state index contributed by atoms with van der Waals surface area (Å²) in [4.78, 5) is 19.2. The molecule has 2 heterocycles. The fraction of sp³-hybridized carbons (Fsp3) is 0.526. The van der Waals surface area contributed by atoms with Crippen molar-refractivity contribution in [1.29, 1.82) is 0 Å². The summed E-state index contributed by atoms with van der Waals surface area (Å²) in [5.41, 5.74) is 0.845. The summed E-state index contributed by atoms with van der Waals surface area (Å²) in [6.45, 7) is 4.87. The molecule has 2 aromatic rings. The van der Waals surface area contributed by atoms with Gasteiger partial charge in [-0.1, -0.05) is 23.7 Å². The largest absolute Gasteiger partial charge is 0.340 e.